The largest absolute Gasteiger partial charge is 0.466 e. The van der Waals surface area contributed by atoms with E-state index in [1.54, 1.807) is 11.9 Å². The van der Waals surface area contributed by atoms with E-state index in [1.165, 1.54) is 205 Å². The normalized spacial score (nSPS) is 12.8. The number of unbranched alkanes of at least 4 members (excludes halogenated alkanes) is 42. The van der Waals surface area contributed by atoms with Gasteiger partial charge in [-0.3, -0.25) is 43.5 Å². The maximum Gasteiger partial charge on any atom is 0.306 e. The number of likely N-dealkylation sites (N-methyl/N-ethyl adjacent to an activating group) is 1. The minimum atomic E-state index is -0.700. The number of carbonyl (C=O) groups excluding carboxylic acids is 6. The highest BCUT2D eigenvalue weighted by Gasteiger charge is 2.22. The molecule has 0 radical (unpaired) electrons. The maximum atomic E-state index is 13.2. The summed E-state index contributed by atoms with van der Waals surface area (Å²) in [5.74, 6) is -1.08. The number of ether oxygens (including phenoxy) is 4. The number of esters is 4. The minimum Gasteiger partial charge on any atom is -0.466 e. The summed E-state index contributed by atoms with van der Waals surface area (Å²) >= 11 is 0. The molecule has 686 valence electrons. The summed E-state index contributed by atoms with van der Waals surface area (Å²) in [6, 6.07) is 0. The molecule has 0 aliphatic heterocycles. The Bertz CT molecular complexity index is 2010. The lowest BCUT2D eigenvalue weighted by atomic mass is 10.0. The first-order valence-corrected chi connectivity index (χ1v) is 49.6. The Labute approximate surface area is 713 Å². The molecule has 0 aromatic rings. The number of aliphatic hydroxyl groups excluding tert-OH is 4. The predicted octanol–water partition coefficient (Wildman–Crippen LogP) is 22.0. The van der Waals surface area contributed by atoms with Crippen LogP contribution in [0.25, 0.3) is 0 Å². The van der Waals surface area contributed by atoms with Crippen molar-refractivity contribution in [2.75, 3.05) is 85.7 Å². The molecule has 19 heteroatoms. The number of rotatable bonds is 92. The third kappa shape index (κ3) is 80.3. The SMILES string of the molecule is CCCCCCCCCCCOC(=O)CCCC(O)CN(CCCCNC(=O)CN(C)CC(=O)NCCCCN(CC(O)CCCCCC(=O)OC(CCCCCCCC)CCCCCCCC)CC(O)CCCC(=O)OCCCCCCCCCCC)CC(O)CCCCCC(=O)OC(CCCCCCCC)CCCCCCCC. The molecule has 0 saturated carbocycles. The van der Waals surface area contributed by atoms with Gasteiger partial charge in [-0.05, 0) is 161 Å². The van der Waals surface area contributed by atoms with Gasteiger partial charge < -0.3 is 50.0 Å². The number of amides is 2. The third-order valence-corrected chi connectivity index (χ3v) is 23.0. The Hall–Kier alpha value is -3.46. The summed E-state index contributed by atoms with van der Waals surface area (Å²) in [6.07, 6.45) is 63.3. The number of hydrogen-bond donors (Lipinski definition) is 6. The van der Waals surface area contributed by atoms with Crippen LogP contribution in [0.15, 0.2) is 0 Å². The standard InChI is InChI=1S/C97H189N5O14/c1-8-14-20-26-32-34-36-42-58-78-113-94(109)72-60-64-88(105)82-101(80-86(103)62-46-44-52-70-96(111)115-90(66-48-38-28-22-16-10-3)67-49-39-29-23-17-11-4)76-56-54-74-98-92(107)84-100(7)85-93(108)99-75-55-57-77-102(83-89(106)65-61-73-95(110)114-79-59-43-37-35-33-27-21-15-9-2)81-87(104)63-47-45-53-71-97(112)116-91(68-50-40-30-24-18-12-5)69-51-41-31-25-19-13-6/h86-91,103-106H,8-85H2,1-7H3,(H,98,107)(H,99,108). The van der Waals surface area contributed by atoms with Gasteiger partial charge in [-0.2, -0.15) is 0 Å². The molecule has 4 unspecified atom stereocenters. The molecule has 0 spiro atoms. The maximum absolute atomic E-state index is 13.2. The van der Waals surface area contributed by atoms with Crippen molar-refractivity contribution in [2.45, 2.75) is 502 Å². The average molecular weight is 1650 g/mol. The Kier molecular flexibility index (Phi) is 83.9. The quantitative estimate of drug-likeness (QED) is 0.0188. The highest BCUT2D eigenvalue weighted by molar-refractivity contribution is 5.81. The summed E-state index contributed by atoms with van der Waals surface area (Å²) in [5.41, 5.74) is 0. The predicted molar refractivity (Wildman–Crippen MR) is 481 cm³/mol. The van der Waals surface area contributed by atoms with E-state index in [4.69, 9.17) is 18.9 Å². The molecule has 0 heterocycles. The van der Waals surface area contributed by atoms with Crippen LogP contribution < -0.4 is 10.6 Å². The van der Waals surface area contributed by atoms with E-state index in [9.17, 15) is 49.2 Å². The summed E-state index contributed by atoms with van der Waals surface area (Å²) < 4.78 is 23.3. The van der Waals surface area contributed by atoms with Gasteiger partial charge >= 0.3 is 23.9 Å². The molecule has 4 atom stereocenters. The number of carbonyl (C=O) groups is 6. The molecule has 0 fully saturated rings. The molecule has 19 nitrogen and oxygen atoms in total. The number of hydrogen-bond acceptors (Lipinski definition) is 17. The van der Waals surface area contributed by atoms with Gasteiger partial charge in [0.05, 0.1) is 50.7 Å². The van der Waals surface area contributed by atoms with Crippen LogP contribution in [0.1, 0.15) is 465 Å². The van der Waals surface area contributed by atoms with Gasteiger partial charge in [-0.25, -0.2) is 0 Å². The zero-order valence-corrected chi connectivity index (χ0v) is 76.8. The molecule has 0 aliphatic carbocycles. The molecule has 6 N–H and O–H groups in total. The van der Waals surface area contributed by atoms with Gasteiger partial charge in [0.25, 0.3) is 0 Å². The highest BCUT2D eigenvalue weighted by Crippen LogP contribution is 2.23. The fourth-order valence-corrected chi connectivity index (χ4v) is 15.7. The van der Waals surface area contributed by atoms with Crippen LogP contribution in [-0.2, 0) is 47.7 Å². The molecule has 0 aliphatic rings. The second-order valence-corrected chi connectivity index (χ2v) is 35.0. The molecule has 0 bridgehead atoms. The topological polar surface area (TPSA) is 254 Å². The summed E-state index contributed by atoms with van der Waals surface area (Å²) in [7, 11) is 1.74. The smallest absolute Gasteiger partial charge is 0.306 e. The average Bonchev–Trinajstić information content (AvgIpc) is 0.932. The highest BCUT2D eigenvalue weighted by atomic mass is 16.6. The van der Waals surface area contributed by atoms with E-state index in [0.29, 0.717) is 155 Å². The second-order valence-electron chi connectivity index (χ2n) is 35.0. The molecule has 0 rings (SSSR count). The van der Waals surface area contributed by atoms with Crippen LogP contribution in [0.2, 0.25) is 0 Å². The van der Waals surface area contributed by atoms with Crippen LogP contribution in [0.5, 0.6) is 0 Å². The molecule has 2 amide bonds. The number of nitrogens with one attached hydrogen (secondary N) is 2. The van der Waals surface area contributed by atoms with Crippen LogP contribution in [0.4, 0.5) is 0 Å². The van der Waals surface area contributed by atoms with E-state index in [1.807, 2.05) is 0 Å². The van der Waals surface area contributed by atoms with Crippen molar-refractivity contribution in [1.82, 2.24) is 25.3 Å². The molecule has 0 aromatic carbocycles. The fraction of sp³-hybridized carbons (Fsp3) is 0.938. The van der Waals surface area contributed by atoms with E-state index in [2.05, 4.69) is 62.0 Å². The molecular formula is C97H189N5O14. The van der Waals surface area contributed by atoms with Crippen molar-refractivity contribution in [3.63, 3.8) is 0 Å². The number of nitrogens with zero attached hydrogens (tertiary/aromatic N) is 3. The van der Waals surface area contributed by atoms with E-state index >= 15 is 0 Å². The summed E-state index contributed by atoms with van der Waals surface area (Å²) in [4.78, 5) is 83.7. The van der Waals surface area contributed by atoms with Crippen LogP contribution in [0.3, 0.4) is 0 Å². The van der Waals surface area contributed by atoms with Gasteiger partial charge in [0, 0.05) is 65.0 Å². The Balaban J connectivity index is 5.46. The summed E-state index contributed by atoms with van der Waals surface area (Å²) in [5, 5.41) is 51.3. The van der Waals surface area contributed by atoms with E-state index in [0.717, 1.165) is 116 Å². The lowest BCUT2D eigenvalue weighted by Crippen LogP contribution is -2.41. The van der Waals surface area contributed by atoms with E-state index in [-0.39, 0.29) is 73.8 Å². The number of aliphatic hydroxyl groups is 4. The molecule has 116 heavy (non-hydrogen) atoms. The van der Waals surface area contributed by atoms with Crippen LogP contribution in [0, 0.1) is 0 Å². The van der Waals surface area contributed by atoms with Crippen molar-refractivity contribution in [1.29, 1.82) is 0 Å². The Morgan fingerprint density at radius 1 is 0.267 bits per heavy atom. The zero-order valence-electron chi connectivity index (χ0n) is 76.8. The first-order valence-electron chi connectivity index (χ1n) is 49.6. The summed E-state index contributed by atoms with van der Waals surface area (Å²) in [6.45, 7) is 17.8. The second kappa shape index (κ2) is 86.5. The minimum absolute atomic E-state index is 0.00715. The Morgan fingerprint density at radius 3 is 0.784 bits per heavy atom. The molecular weight excluding hydrogens is 1460 g/mol. The van der Waals surface area contributed by atoms with Gasteiger partial charge in [-0.1, -0.05) is 298 Å². The van der Waals surface area contributed by atoms with Crippen molar-refractivity contribution in [2.24, 2.45) is 0 Å². The lowest BCUT2D eigenvalue weighted by Gasteiger charge is -2.27. The van der Waals surface area contributed by atoms with Crippen molar-refractivity contribution < 1.29 is 68.1 Å². The fourth-order valence-electron chi connectivity index (χ4n) is 15.7. The molecule has 0 saturated heterocycles. The first-order chi connectivity index (χ1) is 56.5. The van der Waals surface area contributed by atoms with Crippen molar-refractivity contribution in [3.8, 4) is 0 Å². The first kappa shape index (κ1) is 113. The van der Waals surface area contributed by atoms with Crippen molar-refractivity contribution in [3.05, 3.63) is 0 Å². The van der Waals surface area contributed by atoms with Gasteiger partial charge in [-0.15, -0.1) is 0 Å². The van der Waals surface area contributed by atoms with Crippen LogP contribution >= 0.6 is 0 Å². The van der Waals surface area contributed by atoms with Gasteiger partial charge in [0.15, 0.2) is 0 Å². The zero-order chi connectivity index (χ0) is 85.1. The monoisotopic (exact) mass is 1650 g/mol. The Morgan fingerprint density at radius 2 is 0.500 bits per heavy atom. The van der Waals surface area contributed by atoms with Gasteiger partial charge in [0.2, 0.25) is 11.8 Å². The van der Waals surface area contributed by atoms with Crippen LogP contribution in [-0.4, -0.2) is 193 Å². The van der Waals surface area contributed by atoms with E-state index < -0.39 is 24.4 Å². The molecule has 0 aromatic heterocycles. The van der Waals surface area contributed by atoms with Crippen molar-refractivity contribution >= 4 is 35.7 Å². The lowest BCUT2D eigenvalue weighted by molar-refractivity contribution is -0.151. The third-order valence-electron chi connectivity index (χ3n) is 23.0. The van der Waals surface area contributed by atoms with Gasteiger partial charge in [0.1, 0.15) is 12.2 Å².